The molecule has 1 unspecified atom stereocenters. The number of hydrogen-bond donors (Lipinski definition) is 0. The van der Waals surface area contributed by atoms with E-state index >= 15 is 0 Å². The highest BCUT2D eigenvalue weighted by Crippen LogP contribution is 2.16. The maximum absolute atomic E-state index is 13.1. The number of halogens is 1. The van der Waals surface area contributed by atoms with Crippen LogP contribution >= 0.6 is 11.6 Å². The second-order valence-corrected chi connectivity index (χ2v) is 7.88. The lowest BCUT2D eigenvalue weighted by Crippen LogP contribution is -2.48. The van der Waals surface area contributed by atoms with E-state index in [4.69, 9.17) is 21.1 Å². The minimum Gasteiger partial charge on any atom is -0.484 e. The quantitative estimate of drug-likeness (QED) is 0.498. The Balaban J connectivity index is 2.06. The summed E-state index contributed by atoms with van der Waals surface area (Å²) < 4.78 is 12.8. The average Bonchev–Trinajstić information content (AvgIpc) is 3.17. The fourth-order valence-electron chi connectivity index (χ4n) is 3.06. The monoisotopic (exact) mass is 449 g/mol. The predicted molar refractivity (Wildman–Crippen MR) is 121 cm³/mol. The average molecular weight is 450 g/mol. The summed E-state index contributed by atoms with van der Waals surface area (Å²) in [5.74, 6) is 0.195. The number of aromatic nitrogens is 1. The van der Waals surface area contributed by atoms with Crippen molar-refractivity contribution in [2.75, 3.05) is 33.4 Å². The number of benzene rings is 1. The van der Waals surface area contributed by atoms with Gasteiger partial charge in [0.1, 0.15) is 12.3 Å². The van der Waals surface area contributed by atoms with Crippen LogP contribution in [0.25, 0.3) is 0 Å². The van der Waals surface area contributed by atoms with Crippen LogP contribution in [-0.2, 0) is 27.9 Å². The smallest absolute Gasteiger partial charge is 0.261 e. The summed E-state index contributed by atoms with van der Waals surface area (Å²) in [5, 5.41) is 0.597. The lowest BCUT2D eigenvalue weighted by atomic mass is 10.2. The van der Waals surface area contributed by atoms with Crippen molar-refractivity contribution in [1.82, 2.24) is 14.4 Å². The van der Waals surface area contributed by atoms with E-state index in [0.717, 1.165) is 12.1 Å². The molecule has 170 valence electrons. The van der Waals surface area contributed by atoms with Crippen LogP contribution in [0.5, 0.6) is 5.75 Å². The van der Waals surface area contributed by atoms with Crippen LogP contribution in [0.15, 0.2) is 42.6 Å². The Kier molecular flexibility index (Phi) is 9.88. The first kappa shape index (κ1) is 24.8. The summed E-state index contributed by atoms with van der Waals surface area (Å²) in [6, 6.07) is 10.6. The van der Waals surface area contributed by atoms with Crippen LogP contribution < -0.4 is 4.74 Å². The summed E-state index contributed by atoms with van der Waals surface area (Å²) in [5.41, 5.74) is 1.01. The normalized spacial score (nSPS) is 11.8. The van der Waals surface area contributed by atoms with Gasteiger partial charge < -0.3 is 23.8 Å². The molecule has 0 radical (unpaired) electrons. The summed E-state index contributed by atoms with van der Waals surface area (Å²) >= 11 is 5.89. The number of hydrogen-bond acceptors (Lipinski definition) is 4. The van der Waals surface area contributed by atoms with E-state index in [1.165, 1.54) is 0 Å². The van der Waals surface area contributed by atoms with Gasteiger partial charge in [-0.05, 0) is 49.7 Å². The van der Waals surface area contributed by atoms with Crippen molar-refractivity contribution in [2.45, 2.75) is 32.9 Å². The third-order valence-corrected chi connectivity index (χ3v) is 5.50. The lowest BCUT2D eigenvalue weighted by molar-refractivity contribution is -0.144. The highest BCUT2D eigenvalue weighted by molar-refractivity contribution is 6.30. The van der Waals surface area contributed by atoms with Gasteiger partial charge in [-0.1, -0.05) is 18.5 Å². The molecule has 0 bridgehead atoms. The Morgan fingerprint density at radius 2 is 1.87 bits per heavy atom. The standard InChI is InChI=1S/C23H32ClN3O4/c1-5-18(2)27(23(29)17-31-21-10-8-19(24)9-11-21)16-22(28)26(13-14-30-4)15-20-7-6-12-25(20)3/h6-12,18H,5,13-17H2,1-4H3. The van der Waals surface area contributed by atoms with E-state index in [1.54, 1.807) is 41.2 Å². The van der Waals surface area contributed by atoms with Gasteiger partial charge in [0, 0.05) is 43.7 Å². The van der Waals surface area contributed by atoms with Crippen LogP contribution in [0.1, 0.15) is 26.0 Å². The molecule has 0 aliphatic heterocycles. The number of carbonyl (C=O) groups excluding carboxylic acids is 2. The SMILES string of the molecule is CCC(C)N(CC(=O)N(CCOC)Cc1cccn1C)C(=O)COc1ccc(Cl)cc1. The third kappa shape index (κ3) is 7.60. The van der Waals surface area contributed by atoms with Crippen LogP contribution in [0.2, 0.25) is 5.02 Å². The van der Waals surface area contributed by atoms with Gasteiger partial charge in [0.2, 0.25) is 5.91 Å². The van der Waals surface area contributed by atoms with Crippen molar-refractivity contribution in [3.63, 3.8) is 0 Å². The zero-order chi connectivity index (χ0) is 22.8. The highest BCUT2D eigenvalue weighted by Gasteiger charge is 2.25. The van der Waals surface area contributed by atoms with Gasteiger partial charge in [0.25, 0.3) is 5.91 Å². The molecule has 1 heterocycles. The summed E-state index contributed by atoms with van der Waals surface area (Å²) in [7, 11) is 3.55. The zero-order valence-electron chi connectivity index (χ0n) is 18.7. The van der Waals surface area contributed by atoms with E-state index in [1.807, 2.05) is 43.8 Å². The number of carbonyl (C=O) groups is 2. The van der Waals surface area contributed by atoms with Crippen molar-refractivity contribution in [3.05, 3.63) is 53.3 Å². The molecule has 2 amide bonds. The number of methoxy groups -OCH3 is 1. The third-order valence-electron chi connectivity index (χ3n) is 5.25. The molecular weight excluding hydrogens is 418 g/mol. The Hall–Kier alpha value is -2.51. The molecule has 0 aliphatic rings. The maximum atomic E-state index is 13.1. The minimum atomic E-state index is -0.233. The molecule has 1 atom stereocenters. The van der Waals surface area contributed by atoms with E-state index in [2.05, 4.69) is 0 Å². The van der Waals surface area contributed by atoms with E-state index < -0.39 is 0 Å². The first-order chi connectivity index (χ1) is 14.8. The van der Waals surface area contributed by atoms with Crippen molar-refractivity contribution in [2.24, 2.45) is 7.05 Å². The number of amides is 2. The number of rotatable bonds is 12. The Bertz CT molecular complexity index is 838. The molecule has 0 saturated heterocycles. The van der Waals surface area contributed by atoms with Gasteiger partial charge in [-0.2, -0.15) is 0 Å². The molecule has 31 heavy (non-hydrogen) atoms. The van der Waals surface area contributed by atoms with E-state index in [-0.39, 0.29) is 31.0 Å². The van der Waals surface area contributed by atoms with Gasteiger partial charge in [-0.25, -0.2) is 0 Å². The molecule has 0 aliphatic carbocycles. The molecule has 1 aromatic heterocycles. The van der Waals surface area contributed by atoms with Gasteiger partial charge in [0.05, 0.1) is 13.2 Å². The fraction of sp³-hybridized carbons (Fsp3) is 0.478. The first-order valence-corrected chi connectivity index (χ1v) is 10.8. The summed E-state index contributed by atoms with van der Waals surface area (Å²) in [4.78, 5) is 29.4. The van der Waals surface area contributed by atoms with Crippen molar-refractivity contribution < 1.29 is 19.1 Å². The second-order valence-electron chi connectivity index (χ2n) is 7.44. The van der Waals surface area contributed by atoms with E-state index in [0.29, 0.717) is 30.5 Å². The first-order valence-electron chi connectivity index (χ1n) is 10.4. The fourth-order valence-corrected chi connectivity index (χ4v) is 3.19. The summed E-state index contributed by atoms with van der Waals surface area (Å²) in [6.07, 6.45) is 2.67. The van der Waals surface area contributed by atoms with Crippen LogP contribution in [-0.4, -0.2) is 65.6 Å². The maximum Gasteiger partial charge on any atom is 0.261 e. The second kappa shape index (κ2) is 12.4. The molecule has 8 heteroatoms. The van der Waals surface area contributed by atoms with Crippen LogP contribution in [0.4, 0.5) is 0 Å². The van der Waals surface area contributed by atoms with Gasteiger partial charge in [0.15, 0.2) is 6.61 Å². The molecule has 2 aromatic rings. The number of nitrogens with zero attached hydrogens (tertiary/aromatic N) is 3. The lowest BCUT2D eigenvalue weighted by Gasteiger charge is -2.31. The molecule has 1 aromatic carbocycles. The highest BCUT2D eigenvalue weighted by atomic mass is 35.5. The Labute approximate surface area is 189 Å². The van der Waals surface area contributed by atoms with Gasteiger partial charge in [-0.15, -0.1) is 0 Å². The predicted octanol–water partition coefficient (Wildman–Crippen LogP) is 3.36. The zero-order valence-corrected chi connectivity index (χ0v) is 19.5. The molecule has 0 saturated carbocycles. The van der Waals surface area contributed by atoms with Crippen molar-refractivity contribution in [1.29, 1.82) is 0 Å². The van der Waals surface area contributed by atoms with Crippen LogP contribution in [0, 0.1) is 0 Å². The van der Waals surface area contributed by atoms with Gasteiger partial charge >= 0.3 is 0 Å². The topological polar surface area (TPSA) is 64.0 Å². The minimum absolute atomic E-state index is 0.00798. The van der Waals surface area contributed by atoms with Gasteiger partial charge in [-0.3, -0.25) is 9.59 Å². The molecule has 0 fully saturated rings. The Morgan fingerprint density at radius 3 is 2.45 bits per heavy atom. The molecule has 7 nitrogen and oxygen atoms in total. The molecule has 0 N–H and O–H groups in total. The van der Waals surface area contributed by atoms with Crippen molar-refractivity contribution in [3.8, 4) is 5.75 Å². The van der Waals surface area contributed by atoms with Crippen LogP contribution in [0.3, 0.4) is 0 Å². The molecule has 2 rings (SSSR count). The largest absolute Gasteiger partial charge is 0.484 e. The number of ether oxygens (including phenoxy) is 2. The number of aryl methyl sites for hydroxylation is 1. The van der Waals surface area contributed by atoms with Crippen molar-refractivity contribution >= 4 is 23.4 Å². The summed E-state index contributed by atoms with van der Waals surface area (Å²) in [6.45, 7) is 5.10. The van der Waals surface area contributed by atoms with E-state index in [9.17, 15) is 9.59 Å². The molecule has 0 spiro atoms. The molecular formula is C23H32ClN3O4. The Morgan fingerprint density at radius 1 is 1.16 bits per heavy atom.